The number of nitro groups is 2. The molecule has 0 radical (unpaired) electrons. The van der Waals surface area contributed by atoms with Crippen LogP contribution in [0.1, 0.15) is 50.7 Å². The Bertz CT molecular complexity index is 956. The van der Waals surface area contributed by atoms with E-state index in [1.807, 2.05) is 12.1 Å². The van der Waals surface area contributed by atoms with Crippen LogP contribution < -0.4 is 5.43 Å². The highest BCUT2D eigenvalue weighted by atomic mass is 16.6. The third-order valence-corrected chi connectivity index (χ3v) is 4.95. The first-order chi connectivity index (χ1) is 15.3. The van der Waals surface area contributed by atoms with Gasteiger partial charge >= 0.3 is 5.69 Å². The lowest BCUT2D eigenvalue weighted by Gasteiger charge is -2.22. The van der Waals surface area contributed by atoms with E-state index in [1.165, 1.54) is 12.3 Å². The molecule has 0 saturated carbocycles. The molecule has 10 nitrogen and oxygen atoms in total. The fraction of sp³-hybridized carbons (Fsp3) is 0.409. The number of phenolic OH excluding ortho intramolecular Hbond substituents is 1. The molecular weight excluding hydrogens is 414 g/mol. The van der Waals surface area contributed by atoms with Crippen LogP contribution in [0.2, 0.25) is 0 Å². The lowest BCUT2D eigenvalue weighted by Crippen LogP contribution is -2.25. The summed E-state index contributed by atoms with van der Waals surface area (Å²) in [7, 11) is 0. The second-order valence-corrected chi connectivity index (χ2v) is 7.46. The van der Waals surface area contributed by atoms with Crippen LogP contribution in [-0.4, -0.2) is 39.2 Å². The first kappa shape index (κ1) is 24.7. The Labute approximate surface area is 186 Å². The largest absolute Gasteiger partial charge is 0.508 e. The summed E-state index contributed by atoms with van der Waals surface area (Å²) in [5, 5.41) is 36.4. The minimum absolute atomic E-state index is 0.0279. The number of non-ortho nitro benzene ring substituents is 1. The third kappa shape index (κ3) is 7.31. The molecule has 0 aliphatic rings. The highest BCUT2D eigenvalue weighted by Gasteiger charge is 2.19. The molecule has 0 spiro atoms. The molecule has 0 aromatic heterocycles. The van der Waals surface area contributed by atoms with Gasteiger partial charge in [-0.15, -0.1) is 0 Å². The molecule has 0 heterocycles. The highest BCUT2D eigenvalue weighted by Crippen LogP contribution is 2.29. The average Bonchev–Trinajstić information content (AvgIpc) is 2.77. The summed E-state index contributed by atoms with van der Waals surface area (Å²) < 4.78 is 0. The Balaban J connectivity index is 2.08. The molecular formula is C22H29N5O5. The van der Waals surface area contributed by atoms with Crippen LogP contribution in [0, 0.1) is 20.2 Å². The van der Waals surface area contributed by atoms with Crippen molar-refractivity contribution in [3.8, 4) is 5.75 Å². The number of anilines is 1. The lowest BCUT2D eigenvalue weighted by molar-refractivity contribution is -0.393. The summed E-state index contributed by atoms with van der Waals surface area (Å²) in [4.78, 5) is 22.9. The molecule has 0 saturated heterocycles. The maximum atomic E-state index is 11.2. The van der Waals surface area contributed by atoms with Gasteiger partial charge in [-0.2, -0.15) is 5.10 Å². The summed E-state index contributed by atoms with van der Waals surface area (Å²) in [6.45, 7) is 6.94. The molecule has 172 valence electrons. The molecule has 2 rings (SSSR count). The summed E-state index contributed by atoms with van der Waals surface area (Å²) >= 11 is 0. The van der Waals surface area contributed by atoms with E-state index < -0.39 is 15.5 Å². The Morgan fingerprint density at radius 3 is 2.28 bits per heavy atom. The van der Waals surface area contributed by atoms with Crippen molar-refractivity contribution >= 4 is 23.3 Å². The maximum Gasteiger partial charge on any atom is 0.301 e. The number of aromatic hydroxyl groups is 1. The summed E-state index contributed by atoms with van der Waals surface area (Å²) in [6, 6.07) is 8.51. The minimum atomic E-state index is -0.714. The molecule has 0 unspecified atom stereocenters. The molecule has 2 aromatic carbocycles. The predicted molar refractivity (Wildman–Crippen MR) is 124 cm³/mol. The van der Waals surface area contributed by atoms with Crippen LogP contribution in [0.3, 0.4) is 0 Å². The number of nitro benzene ring substituents is 2. The Hall–Kier alpha value is -3.53. The highest BCUT2D eigenvalue weighted by molar-refractivity contribution is 5.81. The number of unbranched alkanes of at least 4 members (excludes halogenated alkanes) is 2. The van der Waals surface area contributed by atoms with Crippen molar-refractivity contribution in [3.05, 3.63) is 67.8 Å². The quantitative estimate of drug-likeness (QED) is 0.251. The first-order valence-electron chi connectivity index (χ1n) is 10.6. The van der Waals surface area contributed by atoms with Crippen LogP contribution in [0.15, 0.2) is 41.5 Å². The second kappa shape index (κ2) is 12.4. The van der Waals surface area contributed by atoms with Crippen molar-refractivity contribution in [1.82, 2.24) is 4.90 Å². The SMILES string of the molecule is CCCCN(CCCC)Cc1ccc(/C=N/Nc2ccc([N+](=O)[O-])cc2[N+](=O)[O-])cc1O. The Kier molecular flexibility index (Phi) is 9.55. The average molecular weight is 444 g/mol. The van der Waals surface area contributed by atoms with Crippen molar-refractivity contribution in [2.24, 2.45) is 5.10 Å². The molecule has 0 amide bonds. The molecule has 0 atom stereocenters. The van der Waals surface area contributed by atoms with Gasteiger partial charge in [0, 0.05) is 18.2 Å². The zero-order chi connectivity index (χ0) is 23.5. The molecule has 0 bridgehead atoms. The van der Waals surface area contributed by atoms with Crippen LogP contribution in [0.25, 0.3) is 0 Å². The van der Waals surface area contributed by atoms with Gasteiger partial charge in [-0.1, -0.05) is 38.8 Å². The number of phenols is 1. The number of hydrogen-bond donors (Lipinski definition) is 2. The zero-order valence-corrected chi connectivity index (χ0v) is 18.4. The van der Waals surface area contributed by atoms with E-state index in [2.05, 4.69) is 29.3 Å². The van der Waals surface area contributed by atoms with Crippen LogP contribution in [0.4, 0.5) is 17.1 Å². The molecule has 0 fully saturated rings. The van der Waals surface area contributed by atoms with Crippen LogP contribution in [-0.2, 0) is 6.54 Å². The Morgan fingerprint density at radius 1 is 1.03 bits per heavy atom. The normalized spacial score (nSPS) is 11.2. The summed E-state index contributed by atoms with van der Waals surface area (Å²) in [5.74, 6) is 0.160. The number of nitrogens with one attached hydrogen (secondary N) is 1. The predicted octanol–water partition coefficient (Wildman–Crippen LogP) is 5.06. The standard InChI is InChI=1S/C22H29N5O5/c1-3-5-11-25(12-6-4-2)16-18-8-7-17(13-22(18)28)15-23-24-20-10-9-19(26(29)30)14-21(20)27(31)32/h7-10,13-15,24,28H,3-6,11-12,16H2,1-2H3/b23-15+. The fourth-order valence-electron chi connectivity index (χ4n) is 3.12. The first-order valence-corrected chi connectivity index (χ1v) is 10.6. The number of benzene rings is 2. The van der Waals surface area contributed by atoms with Crippen molar-refractivity contribution in [1.29, 1.82) is 0 Å². The number of hydrogen-bond acceptors (Lipinski definition) is 8. The van der Waals surface area contributed by atoms with E-state index in [1.54, 1.807) is 6.07 Å². The van der Waals surface area contributed by atoms with Gasteiger partial charge in [0.1, 0.15) is 11.4 Å². The fourth-order valence-corrected chi connectivity index (χ4v) is 3.12. The van der Waals surface area contributed by atoms with E-state index in [0.29, 0.717) is 12.1 Å². The van der Waals surface area contributed by atoms with Crippen molar-refractivity contribution in [2.75, 3.05) is 18.5 Å². The molecule has 0 aliphatic heterocycles. The van der Waals surface area contributed by atoms with E-state index >= 15 is 0 Å². The molecule has 32 heavy (non-hydrogen) atoms. The van der Waals surface area contributed by atoms with Gasteiger partial charge in [-0.05, 0) is 43.6 Å². The van der Waals surface area contributed by atoms with Gasteiger partial charge in [-0.3, -0.25) is 30.6 Å². The topological polar surface area (TPSA) is 134 Å². The van der Waals surface area contributed by atoms with E-state index in [4.69, 9.17) is 0 Å². The van der Waals surface area contributed by atoms with Gasteiger partial charge in [-0.25, -0.2) is 0 Å². The van der Waals surface area contributed by atoms with Gasteiger partial charge in [0.05, 0.1) is 22.1 Å². The zero-order valence-electron chi connectivity index (χ0n) is 18.4. The molecule has 2 N–H and O–H groups in total. The van der Waals surface area contributed by atoms with Gasteiger partial charge in [0.25, 0.3) is 5.69 Å². The van der Waals surface area contributed by atoms with E-state index in [0.717, 1.165) is 56.5 Å². The number of nitrogens with zero attached hydrogens (tertiary/aromatic N) is 4. The number of hydrazone groups is 1. The minimum Gasteiger partial charge on any atom is -0.508 e. The summed E-state index contributed by atoms with van der Waals surface area (Å²) in [6.07, 6.45) is 5.86. The van der Waals surface area contributed by atoms with E-state index in [9.17, 15) is 25.3 Å². The van der Waals surface area contributed by atoms with Gasteiger partial charge in [0.15, 0.2) is 0 Å². The Morgan fingerprint density at radius 2 is 1.72 bits per heavy atom. The smallest absolute Gasteiger partial charge is 0.301 e. The second-order valence-electron chi connectivity index (χ2n) is 7.46. The molecule has 10 heteroatoms. The summed E-state index contributed by atoms with van der Waals surface area (Å²) in [5.41, 5.74) is 3.17. The van der Waals surface area contributed by atoms with Crippen molar-refractivity contribution in [3.63, 3.8) is 0 Å². The molecule has 0 aliphatic carbocycles. The monoisotopic (exact) mass is 443 g/mol. The third-order valence-electron chi connectivity index (χ3n) is 4.95. The van der Waals surface area contributed by atoms with Crippen LogP contribution >= 0.6 is 0 Å². The maximum absolute atomic E-state index is 11.2. The number of rotatable bonds is 13. The van der Waals surface area contributed by atoms with E-state index in [-0.39, 0.29) is 17.1 Å². The lowest BCUT2D eigenvalue weighted by atomic mass is 10.1. The molecule has 2 aromatic rings. The van der Waals surface area contributed by atoms with Crippen molar-refractivity contribution in [2.45, 2.75) is 46.1 Å². The van der Waals surface area contributed by atoms with Gasteiger partial charge in [0.2, 0.25) is 0 Å². The van der Waals surface area contributed by atoms with Gasteiger partial charge < -0.3 is 5.11 Å². The van der Waals surface area contributed by atoms with Crippen LogP contribution in [0.5, 0.6) is 5.75 Å². The van der Waals surface area contributed by atoms with Crippen molar-refractivity contribution < 1.29 is 15.0 Å².